The van der Waals surface area contributed by atoms with Crippen molar-refractivity contribution in [2.24, 2.45) is 29.6 Å². The predicted octanol–water partition coefficient (Wildman–Crippen LogP) is 3.49. The van der Waals surface area contributed by atoms with E-state index in [1.165, 1.54) is 64.2 Å². The Kier molecular flexibility index (Phi) is 4.67. The molecule has 1 aliphatic heterocycles. The number of nitrogens with one attached hydrogen (secondary N) is 2. The topological polar surface area (TPSA) is 41.1 Å². The van der Waals surface area contributed by atoms with E-state index >= 15 is 0 Å². The first kappa shape index (κ1) is 15.9. The zero-order valence-corrected chi connectivity index (χ0v) is 14.7. The lowest BCUT2D eigenvalue weighted by Gasteiger charge is -2.42. The molecule has 7 unspecified atom stereocenters. The maximum Gasteiger partial charge on any atom is 0.237 e. The second-order valence-corrected chi connectivity index (χ2v) is 8.63. The first-order chi connectivity index (χ1) is 11.3. The summed E-state index contributed by atoms with van der Waals surface area (Å²) in [6.07, 6.45) is 13.6. The zero-order valence-electron chi connectivity index (χ0n) is 14.7. The minimum atomic E-state index is 0.107. The minimum Gasteiger partial charge on any atom is -0.351 e. The molecule has 4 fully saturated rings. The van der Waals surface area contributed by atoms with Crippen LogP contribution in [-0.2, 0) is 4.79 Å². The highest BCUT2D eigenvalue weighted by Crippen LogP contribution is 2.58. The summed E-state index contributed by atoms with van der Waals surface area (Å²) in [7, 11) is 0. The summed E-state index contributed by atoms with van der Waals surface area (Å²) in [5.41, 5.74) is 0. The molecular weight excluding hydrogens is 284 g/mol. The Bertz CT molecular complexity index is 435. The molecule has 1 saturated heterocycles. The van der Waals surface area contributed by atoms with Crippen LogP contribution < -0.4 is 10.6 Å². The van der Waals surface area contributed by atoms with Crippen molar-refractivity contribution in [3.8, 4) is 0 Å². The first-order valence-electron chi connectivity index (χ1n) is 10.3. The van der Waals surface area contributed by atoms with Gasteiger partial charge in [-0.1, -0.05) is 51.9 Å². The Morgan fingerprint density at radius 3 is 2.57 bits per heavy atom. The van der Waals surface area contributed by atoms with Gasteiger partial charge >= 0.3 is 0 Å². The Hall–Kier alpha value is -0.570. The van der Waals surface area contributed by atoms with Gasteiger partial charge in [0.1, 0.15) is 0 Å². The minimum absolute atomic E-state index is 0.107. The van der Waals surface area contributed by atoms with Gasteiger partial charge in [0.25, 0.3) is 0 Å². The fraction of sp³-hybridized carbons (Fsp3) is 0.950. The third-order valence-electron chi connectivity index (χ3n) is 7.50. The van der Waals surface area contributed by atoms with Gasteiger partial charge in [0, 0.05) is 12.0 Å². The molecule has 4 rings (SSSR count). The molecule has 7 atom stereocenters. The average Bonchev–Trinajstić information content (AvgIpc) is 3.05. The van der Waals surface area contributed by atoms with Crippen LogP contribution in [0.1, 0.15) is 71.1 Å². The van der Waals surface area contributed by atoms with Crippen molar-refractivity contribution in [3.05, 3.63) is 0 Å². The summed E-state index contributed by atoms with van der Waals surface area (Å²) >= 11 is 0. The number of amides is 1. The normalized spacial score (nSPS) is 44.7. The molecule has 0 aromatic heterocycles. The lowest BCUT2D eigenvalue weighted by Crippen LogP contribution is -2.45. The second kappa shape index (κ2) is 6.74. The van der Waals surface area contributed by atoms with Gasteiger partial charge < -0.3 is 10.6 Å². The van der Waals surface area contributed by atoms with Crippen molar-refractivity contribution >= 4 is 5.91 Å². The molecule has 3 saturated carbocycles. The second-order valence-electron chi connectivity index (χ2n) is 8.63. The Morgan fingerprint density at radius 2 is 1.78 bits per heavy atom. The fourth-order valence-corrected chi connectivity index (χ4v) is 6.71. The lowest BCUT2D eigenvalue weighted by atomic mass is 9.63. The number of hydrogen-bond acceptors (Lipinski definition) is 2. The van der Waals surface area contributed by atoms with Crippen molar-refractivity contribution in [3.63, 3.8) is 0 Å². The molecule has 0 spiro atoms. The largest absolute Gasteiger partial charge is 0.351 e. The van der Waals surface area contributed by atoms with E-state index in [9.17, 15) is 4.79 Å². The SMILES string of the molecule is CCCCCCNC1C(=O)NC2C3CCCC4CCCC(C43)C12. The van der Waals surface area contributed by atoms with E-state index in [1.807, 2.05) is 0 Å². The fourth-order valence-electron chi connectivity index (χ4n) is 6.71. The van der Waals surface area contributed by atoms with Crippen molar-refractivity contribution in [2.45, 2.75) is 83.2 Å². The van der Waals surface area contributed by atoms with Gasteiger partial charge in [-0.3, -0.25) is 4.79 Å². The summed E-state index contributed by atoms with van der Waals surface area (Å²) in [5.74, 6) is 4.40. The van der Waals surface area contributed by atoms with Crippen LogP contribution in [-0.4, -0.2) is 24.5 Å². The molecule has 23 heavy (non-hydrogen) atoms. The van der Waals surface area contributed by atoms with Crippen molar-refractivity contribution in [2.75, 3.05) is 6.54 Å². The van der Waals surface area contributed by atoms with Gasteiger partial charge in [-0.05, 0) is 49.5 Å². The molecule has 3 aliphatic carbocycles. The number of carbonyl (C=O) groups is 1. The summed E-state index contributed by atoms with van der Waals surface area (Å²) in [4.78, 5) is 12.6. The van der Waals surface area contributed by atoms with E-state index in [0.29, 0.717) is 17.9 Å². The van der Waals surface area contributed by atoms with Crippen LogP contribution in [0.15, 0.2) is 0 Å². The van der Waals surface area contributed by atoms with Gasteiger partial charge in [-0.15, -0.1) is 0 Å². The number of carbonyl (C=O) groups excluding carboxylic acids is 1. The highest BCUT2D eigenvalue weighted by Gasteiger charge is 2.61. The van der Waals surface area contributed by atoms with E-state index in [2.05, 4.69) is 17.6 Å². The van der Waals surface area contributed by atoms with Crippen molar-refractivity contribution < 1.29 is 4.79 Å². The van der Waals surface area contributed by atoms with Crippen molar-refractivity contribution in [1.82, 2.24) is 10.6 Å². The Morgan fingerprint density at radius 1 is 1.00 bits per heavy atom. The monoisotopic (exact) mass is 318 g/mol. The summed E-state index contributed by atoms with van der Waals surface area (Å²) in [6, 6.07) is 0.600. The number of rotatable bonds is 6. The van der Waals surface area contributed by atoms with Crippen LogP contribution in [0.2, 0.25) is 0 Å². The molecule has 3 heteroatoms. The predicted molar refractivity (Wildman–Crippen MR) is 93.0 cm³/mol. The number of hydrogen-bond donors (Lipinski definition) is 2. The Labute approximate surface area is 141 Å². The molecular formula is C20H34N2O. The molecule has 1 heterocycles. The molecule has 4 aliphatic rings. The molecule has 1 amide bonds. The first-order valence-corrected chi connectivity index (χ1v) is 10.3. The molecule has 0 bridgehead atoms. The third kappa shape index (κ3) is 2.73. The molecule has 0 aromatic carbocycles. The van der Waals surface area contributed by atoms with Crippen LogP contribution in [0, 0.1) is 29.6 Å². The highest BCUT2D eigenvalue weighted by molar-refractivity contribution is 5.85. The smallest absolute Gasteiger partial charge is 0.237 e. The molecule has 0 aromatic rings. The zero-order chi connectivity index (χ0) is 15.8. The molecule has 130 valence electrons. The van der Waals surface area contributed by atoms with E-state index < -0.39 is 0 Å². The molecule has 2 N–H and O–H groups in total. The number of unbranched alkanes of at least 4 members (excludes halogenated alkanes) is 3. The summed E-state index contributed by atoms with van der Waals surface area (Å²) in [6.45, 7) is 3.27. The number of fused-ring (bicyclic) bond motifs is 3. The van der Waals surface area contributed by atoms with E-state index in [4.69, 9.17) is 0 Å². The van der Waals surface area contributed by atoms with E-state index in [-0.39, 0.29) is 6.04 Å². The third-order valence-corrected chi connectivity index (χ3v) is 7.50. The standard InChI is InChI=1S/C20H34N2O/c1-2-3-4-5-12-21-19-17-14-10-6-8-13-9-7-11-15(16(13)14)18(17)22-20(19)23/h13-19,21H,2-12H2,1H3,(H,22,23). The van der Waals surface area contributed by atoms with Crippen LogP contribution >= 0.6 is 0 Å². The quantitative estimate of drug-likeness (QED) is 0.736. The Balaban J connectivity index is 1.44. The van der Waals surface area contributed by atoms with Crippen LogP contribution in [0.4, 0.5) is 0 Å². The maximum absolute atomic E-state index is 12.6. The van der Waals surface area contributed by atoms with E-state index in [1.54, 1.807) is 0 Å². The van der Waals surface area contributed by atoms with Gasteiger partial charge in [0.2, 0.25) is 5.91 Å². The lowest BCUT2D eigenvalue weighted by molar-refractivity contribution is -0.122. The van der Waals surface area contributed by atoms with Gasteiger partial charge in [-0.2, -0.15) is 0 Å². The van der Waals surface area contributed by atoms with Crippen LogP contribution in [0.5, 0.6) is 0 Å². The summed E-state index contributed by atoms with van der Waals surface area (Å²) < 4.78 is 0. The van der Waals surface area contributed by atoms with Gasteiger partial charge in [0.15, 0.2) is 0 Å². The highest BCUT2D eigenvalue weighted by atomic mass is 16.2. The van der Waals surface area contributed by atoms with E-state index in [0.717, 1.165) is 30.2 Å². The molecule has 0 radical (unpaired) electrons. The summed E-state index contributed by atoms with van der Waals surface area (Å²) in [5, 5.41) is 7.09. The van der Waals surface area contributed by atoms with Gasteiger partial charge in [0.05, 0.1) is 6.04 Å². The van der Waals surface area contributed by atoms with Crippen LogP contribution in [0.3, 0.4) is 0 Å². The maximum atomic E-state index is 12.6. The average molecular weight is 319 g/mol. The van der Waals surface area contributed by atoms with Gasteiger partial charge in [-0.25, -0.2) is 0 Å². The van der Waals surface area contributed by atoms with Crippen molar-refractivity contribution in [1.29, 1.82) is 0 Å². The molecule has 3 nitrogen and oxygen atoms in total. The van der Waals surface area contributed by atoms with Crippen LogP contribution in [0.25, 0.3) is 0 Å².